The van der Waals surface area contributed by atoms with Gasteiger partial charge in [-0.05, 0) is 33.1 Å². The molecule has 6 nitrogen and oxygen atoms in total. The maximum Gasteiger partial charge on any atom is 0.159 e. The number of aldehydes is 1. The van der Waals surface area contributed by atoms with Crippen LogP contribution in [0.5, 0.6) is 0 Å². The van der Waals surface area contributed by atoms with E-state index in [-0.39, 0.29) is 11.8 Å². The van der Waals surface area contributed by atoms with Crippen molar-refractivity contribution in [3.05, 3.63) is 29.2 Å². The number of carbonyl (C=O) groups is 1. The molecule has 2 fully saturated rings. The van der Waals surface area contributed by atoms with Crippen LogP contribution in [0.25, 0.3) is 5.82 Å². The van der Waals surface area contributed by atoms with Crippen molar-refractivity contribution in [1.29, 1.82) is 0 Å². The Balaban J connectivity index is 1.79. The van der Waals surface area contributed by atoms with Gasteiger partial charge in [-0.2, -0.15) is 4.68 Å². The zero-order valence-corrected chi connectivity index (χ0v) is 12.2. The Morgan fingerprint density at radius 2 is 2.05 bits per heavy atom. The summed E-state index contributed by atoms with van der Waals surface area (Å²) in [6.45, 7) is 3.79. The first-order valence-corrected chi connectivity index (χ1v) is 7.40. The zero-order chi connectivity index (χ0) is 14.6. The number of aryl methyl sites for hydroxylation is 2. The fourth-order valence-electron chi connectivity index (χ4n) is 2.74. The molecule has 2 heterocycles. The molecule has 1 unspecified atom stereocenters. The first kappa shape index (κ1) is 12.6. The van der Waals surface area contributed by atoms with Gasteiger partial charge < -0.3 is 4.79 Å². The molecule has 2 aromatic heterocycles. The van der Waals surface area contributed by atoms with E-state index in [1.807, 2.05) is 19.9 Å². The Morgan fingerprint density at radius 1 is 1.24 bits per heavy atom. The molecule has 0 amide bonds. The molecular formula is C15H17N5O. The van der Waals surface area contributed by atoms with Crippen LogP contribution in [-0.2, 0) is 4.79 Å². The average Bonchev–Trinajstić information content (AvgIpc) is 3.37. The average molecular weight is 283 g/mol. The van der Waals surface area contributed by atoms with Gasteiger partial charge in [-0.3, -0.25) is 0 Å². The van der Waals surface area contributed by atoms with E-state index in [2.05, 4.69) is 20.1 Å². The largest absolute Gasteiger partial charge is 0.303 e. The third-order valence-corrected chi connectivity index (χ3v) is 4.18. The maximum absolute atomic E-state index is 10.9. The molecule has 2 saturated carbocycles. The summed E-state index contributed by atoms with van der Waals surface area (Å²) in [6.07, 6.45) is 4.24. The van der Waals surface area contributed by atoms with Crippen molar-refractivity contribution in [3.63, 3.8) is 0 Å². The second-order valence-electron chi connectivity index (χ2n) is 6.04. The van der Waals surface area contributed by atoms with E-state index in [0.717, 1.165) is 54.5 Å². The minimum Gasteiger partial charge on any atom is -0.303 e. The highest BCUT2D eigenvalue weighted by Gasteiger charge is 2.40. The predicted octanol–water partition coefficient (Wildman–Crippen LogP) is 1.85. The molecule has 2 atom stereocenters. The lowest BCUT2D eigenvalue weighted by Crippen LogP contribution is -2.08. The van der Waals surface area contributed by atoms with Gasteiger partial charge in [0.1, 0.15) is 23.8 Å². The SMILES string of the molecule is Cc1nc(C)n(-c2cc(C3C[C@@H]3C=O)nc(C3CC3)n2)n1. The lowest BCUT2D eigenvalue weighted by Gasteiger charge is -2.08. The molecule has 108 valence electrons. The number of carbonyl (C=O) groups excluding carboxylic acids is 1. The van der Waals surface area contributed by atoms with Crippen molar-refractivity contribution < 1.29 is 4.79 Å². The summed E-state index contributed by atoms with van der Waals surface area (Å²) in [5, 5.41) is 4.41. The highest BCUT2D eigenvalue weighted by molar-refractivity contribution is 5.61. The number of nitrogens with zero attached hydrogens (tertiary/aromatic N) is 5. The summed E-state index contributed by atoms with van der Waals surface area (Å²) in [5.41, 5.74) is 0.978. The first-order chi connectivity index (χ1) is 10.2. The van der Waals surface area contributed by atoms with Crippen molar-refractivity contribution in [2.45, 2.75) is 44.9 Å². The summed E-state index contributed by atoms with van der Waals surface area (Å²) < 4.78 is 1.77. The molecule has 21 heavy (non-hydrogen) atoms. The lowest BCUT2D eigenvalue weighted by molar-refractivity contribution is -0.108. The van der Waals surface area contributed by atoms with E-state index >= 15 is 0 Å². The van der Waals surface area contributed by atoms with Gasteiger partial charge in [0.05, 0.1) is 5.69 Å². The minimum absolute atomic E-state index is 0.124. The van der Waals surface area contributed by atoms with Crippen molar-refractivity contribution in [1.82, 2.24) is 24.7 Å². The van der Waals surface area contributed by atoms with Crippen molar-refractivity contribution in [2.24, 2.45) is 5.92 Å². The van der Waals surface area contributed by atoms with E-state index in [9.17, 15) is 4.79 Å². The van der Waals surface area contributed by atoms with E-state index in [1.54, 1.807) is 4.68 Å². The molecule has 0 saturated heterocycles. The summed E-state index contributed by atoms with van der Waals surface area (Å²) in [7, 11) is 0. The summed E-state index contributed by atoms with van der Waals surface area (Å²) in [5.74, 6) is 4.08. The van der Waals surface area contributed by atoms with Crippen LogP contribution in [-0.4, -0.2) is 31.0 Å². The third kappa shape index (κ3) is 2.24. The summed E-state index contributed by atoms with van der Waals surface area (Å²) in [6, 6.07) is 1.96. The van der Waals surface area contributed by atoms with Gasteiger partial charge in [-0.1, -0.05) is 0 Å². The predicted molar refractivity (Wildman–Crippen MR) is 75.3 cm³/mol. The number of rotatable bonds is 4. The second kappa shape index (κ2) is 4.44. The quantitative estimate of drug-likeness (QED) is 0.801. The van der Waals surface area contributed by atoms with Crippen LogP contribution in [0.3, 0.4) is 0 Å². The van der Waals surface area contributed by atoms with Gasteiger partial charge in [-0.15, -0.1) is 5.10 Å². The lowest BCUT2D eigenvalue weighted by atomic mass is 10.2. The number of aromatic nitrogens is 5. The van der Waals surface area contributed by atoms with E-state index in [1.165, 1.54) is 0 Å². The Hall–Kier alpha value is -2.11. The Kier molecular flexibility index (Phi) is 2.67. The van der Waals surface area contributed by atoms with Crippen LogP contribution >= 0.6 is 0 Å². The normalized spacial score (nSPS) is 24.1. The van der Waals surface area contributed by atoms with Gasteiger partial charge in [-0.25, -0.2) is 15.0 Å². The van der Waals surface area contributed by atoms with Gasteiger partial charge >= 0.3 is 0 Å². The molecule has 0 aliphatic heterocycles. The van der Waals surface area contributed by atoms with Crippen LogP contribution in [0.2, 0.25) is 0 Å². The molecule has 2 aromatic rings. The van der Waals surface area contributed by atoms with Crippen molar-refractivity contribution in [2.75, 3.05) is 0 Å². The molecule has 0 N–H and O–H groups in total. The summed E-state index contributed by atoms with van der Waals surface area (Å²) >= 11 is 0. The Labute approximate surface area is 122 Å². The number of hydrogen-bond acceptors (Lipinski definition) is 5. The van der Waals surface area contributed by atoms with Crippen LogP contribution in [0.4, 0.5) is 0 Å². The Morgan fingerprint density at radius 3 is 2.62 bits per heavy atom. The fourth-order valence-corrected chi connectivity index (χ4v) is 2.74. The standard InChI is InChI=1S/C15H17N5O/c1-8-16-9(2)20(19-8)14-6-13(12-5-11(12)7-21)17-15(18-14)10-3-4-10/h6-7,10-12H,3-5H2,1-2H3/t11-,12?/m1/s1. The molecule has 2 aliphatic carbocycles. The summed E-state index contributed by atoms with van der Waals surface area (Å²) in [4.78, 5) is 24.6. The molecule has 0 spiro atoms. The van der Waals surface area contributed by atoms with Crippen LogP contribution in [0.15, 0.2) is 6.07 Å². The maximum atomic E-state index is 10.9. The van der Waals surface area contributed by atoms with Gasteiger partial charge in [0, 0.05) is 23.8 Å². The van der Waals surface area contributed by atoms with Crippen molar-refractivity contribution in [3.8, 4) is 5.82 Å². The van der Waals surface area contributed by atoms with Crippen LogP contribution in [0, 0.1) is 19.8 Å². The zero-order valence-electron chi connectivity index (χ0n) is 12.2. The monoisotopic (exact) mass is 283 g/mol. The second-order valence-corrected chi connectivity index (χ2v) is 6.04. The number of hydrogen-bond donors (Lipinski definition) is 0. The van der Waals surface area contributed by atoms with Gasteiger partial charge in [0.15, 0.2) is 5.82 Å². The molecule has 6 heteroatoms. The van der Waals surface area contributed by atoms with Gasteiger partial charge in [0.2, 0.25) is 0 Å². The molecule has 0 bridgehead atoms. The van der Waals surface area contributed by atoms with Crippen molar-refractivity contribution >= 4 is 6.29 Å². The first-order valence-electron chi connectivity index (χ1n) is 7.40. The fraction of sp³-hybridized carbons (Fsp3) is 0.533. The highest BCUT2D eigenvalue weighted by Crippen LogP contribution is 2.46. The van der Waals surface area contributed by atoms with E-state index < -0.39 is 0 Å². The molecule has 0 aromatic carbocycles. The smallest absolute Gasteiger partial charge is 0.159 e. The highest BCUT2D eigenvalue weighted by atomic mass is 16.1. The van der Waals surface area contributed by atoms with E-state index in [4.69, 9.17) is 0 Å². The molecular weight excluding hydrogens is 266 g/mol. The molecule has 2 aliphatic rings. The van der Waals surface area contributed by atoms with Crippen LogP contribution in [0.1, 0.15) is 54.3 Å². The molecule has 0 radical (unpaired) electrons. The Bertz CT molecular complexity index is 719. The van der Waals surface area contributed by atoms with Crippen LogP contribution < -0.4 is 0 Å². The topological polar surface area (TPSA) is 73.6 Å². The minimum atomic E-state index is 0.124. The van der Waals surface area contributed by atoms with E-state index in [0.29, 0.717) is 5.92 Å². The third-order valence-electron chi connectivity index (χ3n) is 4.18. The molecule has 4 rings (SSSR count). The van der Waals surface area contributed by atoms with Gasteiger partial charge in [0.25, 0.3) is 0 Å².